The van der Waals surface area contributed by atoms with Gasteiger partial charge < -0.3 is 5.32 Å². The summed E-state index contributed by atoms with van der Waals surface area (Å²) in [6, 6.07) is 19.1. The molecule has 0 aliphatic rings. The zero-order valence-corrected chi connectivity index (χ0v) is 22.7. The van der Waals surface area contributed by atoms with Crippen LogP contribution in [0.25, 0.3) is 22.2 Å². The van der Waals surface area contributed by atoms with Crippen molar-refractivity contribution in [2.75, 3.05) is 11.6 Å². The van der Waals surface area contributed by atoms with Gasteiger partial charge in [0.1, 0.15) is 22.2 Å². The number of hydrogen-bond acceptors (Lipinski definition) is 6. The molecule has 1 N–H and O–H groups in total. The van der Waals surface area contributed by atoms with Gasteiger partial charge in [0.2, 0.25) is 5.95 Å². The smallest absolute Gasteiger partial charge is 0.265 e. The van der Waals surface area contributed by atoms with Gasteiger partial charge in [-0.3, -0.25) is 9.36 Å². The lowest BCUT2D eigenvalue weighted by Crippen LogP contribution is -2.25. The van der Waals surface area contributed by atoms with Crippen LogP contribution >= 0.6 is 23.4 Å². The number of nitriles is 1. The molecule has 0 atom stereocenters. The van der Waals surface area contributed by atoms with E-state index in [4.69, 9.17) is 21.6 Å². The Morgan fingerprint density at radius 2 is 1.70 bits per heavy atom. The number of nitrogens with one attached hydrogen (secondary N) is 1. The summed E-state index contributed by atoms with van der Waals surface area (Å²) in [5.41, 5.74) is 2.59. The fourth-order valence-corrected chi connectivity index (χ4v) is 4.99. The third kappa shape index (κ3) is 6.15. The number of halogens is 1. The van der Waals surface area contributed by atoms with E-state index in [-0.39, 0.29) is 5.56 Å². The molecule has 0 spiro atoms. The molecule has 0 bridgehead atoms. The lowest BCUT2D eigenvalue weighted by molar-refractivity contribution is 0.551. The van der Waals surface area contributed by atoms with E-state index in [2.05, 4.69) is 18.3 Å². The highest BCUT2D eigenvalue weighted by Gasteiger charge is 2.22. The third-order valence-corrected chi connectivity index (χ3v) is 7.19. The van der Waals surface area contributed by atoms with Gasteiger partial charge in [0, 0.05) is 22.8 Å². The number of pyridine rings is 1. The summed E-state index contributed by atoms with van der Waals surface area (Å²) in [7, 11) is 0. The Bertz CT molecular complexity index is 1460. The molecular formula is C29H30ClN5OS. The maximum atomic E-state index is 14.1. The van der Waals surface area contributed by atoms with Gasteiger partial charge >= 0.3 is 0 Å². The largest absolute Gasteiger partial charge is 0.326 e. The number of benzene rings is 2. The number of nitrogens with zero attached hydrogens (tertiary/aromatic N) is 4. The minimum atomic E-state index is -0.203. The molecule has 0 saturated carbocycles. The summed E-state index contributed by atoms with van der Waals surface area (Å²) in [6.45, 7) is 2.72. The van der Waals surface area contributed by atoms with E-state index >= 15 is 0 Å². The molecule has 0 aliphatic heterocycles. The van der Waals surface area contributed by atoms with Crippen molar-refractivity contribution in [3.05, 3.63) is 75.5 Å². The van der Waals surface area contributed by atoms with Gasteiger partial charge in [0.05, 0.1) is 11.1 Å². The zero-order valence-electron chi connectivity index (χ0n) is 21.1. The van der Waals surface area contributed by atoms with Crippen LogP contribution in [0.4, 0.5) is 11.6 Å². The fraction of sp³-hybridized carbons (Fsp3) is 0.310. The first kappa shape index (κ1) is 26.7. The lowest BCUT2D eigenvalue weighted by atomic mass is 10.1. The van der Waals surface area contributed by atoms with Crippen molar-refractivity contribution in [3.8, 4) is 17.3 Å². The van der Waals surface area contributed by atoms with Gasteiger partial charge in [-0.15, -0.1) is 11.8 Å². The van der Waals surface area contributed by atoms with Crippen LogP contribution in [0.1, 0.15) is 51.0 Å². The summed E-state index contributed by atoms with van der Waals surface area (Å²) in [4.78, 5) is 23.8. The monoisotopic (exact) mass is 531 g/mol. The van der Waals surface area contributed by atoms with Crippen LogP contribution in [0.3, 0.4) is 0 Å². The summed E-state index contributed by atoms with van der Waals surface area (Å²) >= 11 is 7.45. The Hall–Kier alpha value is -3.34. The van der Waals surface area contributed by atoms with Crippen molar-refractivity contribution in [1.29, 1.82) is 5.26 Å². The van der Waals surface area contributed by atoms with Gasteiger partial charge in [-0.05, 0) is 36.9 Å². The average molecular weight is 532 g/mol. The van der Waals surface area contributed by atoms with E-state index in [1.54, 1.807) is 16.7 Å². The first-order valence-electron chi connectivity index (χ1n) is 12.6. The first-order valence-corrected chi connectivity index (χ1v) is 14.2. The Labute approximate surface area is 226 Å². The standard InChI is InChI=1S/C29H30ClN5OS/c1-3-4-5-6-7-11-18-35-28(36)24-25(20-12-9-8-10-13-20)33-27(37-2)23(19-31)26(24)34-29(35)32-22-16-14-21(30)15-17-22/h8-10,12-17H,3-7,11,18H2,1-2H3,(H,32,34). The second-order valence-electron chi connectivity index (χ2n) is 8.84. The normalized spacial score (nSPS) is 11.0. The van der Waals surface area contributed by atoms with Crippen molar-refractivity contribution in [3.63, 3.8) is 0 Å². The lowest BCUT2D eigenvalue weighted by Gasteiger charge is -2.17. The number of anilines is 2. The van der Waals surface area contributed by atoms with Gasteiger partial charge in [0.25, 0.3) is 5.56 Å². The molecule has 190 valence electrons. The van der Waals surface area contributed by atoms with Gasteiger partial charge in [-0.1, -0.05) is 81.0 Å². The topological polar surface area (TPSA) is 83.6 Å². The summed E-state index contributed by atoms with van der Waals surface area (Å²) in [5, 5.41) is 14.9. The highest BCUT2D eigenvalue weighted by atomic mass is 35.5. The van der Waals surface area contributed by atoms with Crippen LogP contribution in [0, 0.1) is 11.3 Å². The number of fused-ring (bicyclic) bond motifs is 1. The molecule has 2 aromatic carbocycles. The molecule has 0 aliphatic carbocycles. The Balaban J connectivity index is 1.90. The SMILES string of the molecule is CCCCCCCCn1c(Nc2ccc(Cl)cc2)nc2c(C#N)c(SC)nc(-c3ccccc3)c2c1=O. The van der Waals surface area contributed by atoms with E-state index < -0.39 is 0 Å². The second-order valence-corrected chi connectivity index (χ2v) is 10.1. The molecule has 2 aromatic heterocycles. The van der Waals surface area contributed by atoms with E-state index in [9.17, 15) is 10.1 Å². The van der Waals surface area contributed by atoms with Crippen molar-refractivity contribution in [1.82, 2.24) is 14.5 Å². The predicted octanol–water partition coefficient (Wildman–Crippen LogP) is 7.81. The average Bonchev–Trinajstić information content (AvgIpc) is 2.92. The second kappa shape index (κ2) is 12.8. The van der Waals surface area contributed by atoms with Crippen molar-refractivity contribution in [2.45, 2.75) is 57.0 Å². The Morgan fingerprint density at radius 3 is 2.38 bits per heavy atom. The molecule has 0 unspecified atom stereocenters. The minimum absolute atomic E-state index is 0.203. The van der Waals surface area contributed by atoms with Crippen LogP contribution in [-0.4, -0.2) is 20.8 Å². The predicted molar refractivity (Wildman–Crippen MR) is 154 cm³/mol. The van der Waals surface area contributed by atoms with E-state index in [1.807, 2.05) is 48.7 Å². The first-order chi connectivity index (χ1) is 18.1. The number of thioether (sulfide) groups is 1. The number of rotatable bonds is 11. The van der Waals surface area contributed by atoms with Gasteiger partial charge in [-0.25, -0.2) is 9.97 Å². The Kier molecular flexibility index (Phi) is 9.21. The van der Waals surface area contributed by atoms with Gasteiger partial charge in [-0.2, -0.15) is 5.26 Å². The quantitative estimate of drug-likeness (QED) is 0.157. The highest BCUT2D eigenvalue weighted by molar-refractivity contribution is 7.98. The van der Waals surface area contributed by atoms with E-state index in [0.717, 1.165) is 30.5 Å². The zero-order chi connectivity index (χ0) is 26.2. The molecule has 2 heterocycles. The summed E-state index contributed by atoms with van der Waals surface area (Å²) < 4.78 is 1.69. The Morgan fingerprint density at radius 1 is 1.00 bits per heavy atom. The summed E-state index contributed by atoms with van der Waals surface area (Å²) in [6.07, 6.45) is 8.51. The molecule has 0 radical (unpaired) electrons. The van der Waals surface area contributed by atoms with Crippen LogP contribution < -0.4 is 10.9 Å². The number of hydrogen-bond donors (Lipinski definition) is 1. The minimum Gasteiger partial charge on any atom is -0.326 e. The van der Waals surface area contributed by atoms with Gasteiger partial charge in [0.15, 0.2) is 0 Å². The number of aromatic nitrogens is 3. The fourth-order valence-electron chi connectivity index (χ4n) is 4.33. The molecule has 0 amide bonds. The molecule has 37 heavy (non-hydrogen) atoms. The molecule has 0 fully saturated rings. The van der Waals surface area contributed by atoms with E-state index in [0.29, 0.717) is 44.7 Å². The summed E-state index contributed by atoms with van der Waals surface area (Å²) in [5.74, 6) is 0.405. The maximum Gasteiger partial charge on any atom is 0.265 e. The molecule has 0 saturated heterocycles. The highest BCUT2D eigenvalue weighted by Crippen LogP contribution is 2.32. The van der Waals surface area contributed by atoms with Crippen molar-refractivity contribution < 1.29 is 0 Å². The molecule has 4 aromatic rings. The molecule has 4 rings (SSSR count). The van der Waals surface area contributed by atoms with Crippen LogP contribution in [-0.2, 0) is 6.54 Å². The third-order valence-electron chi connectivity index (χ3n) is 6.26. The van der Waals surface area contributed by atoms with Crippen LogP contribution in [0.5, 0.6) is 0 Å². The van der Waals surface area contributed by atoms with E-state index in [1.165, 1.54) is 31.0 Å². The van der Waals surface area contributed by atoms with Crippen LogP contribution in [0.15, 0.2) is 64.4 Å². The molecule has 8 heteroatoms. The molecular weight excluding hydrogens is 502 g/mol. The maximum absolute atomic E-state index is 14.1. The molecule has 6 nitrogen and oxygen atoms in total. The van der Waals surface area contributed by atoms with Crippen molar-refractivity contribution in [2.24, 2.45) is 0 Å². The van der Waals surface area contributed by atoms with Crippen LogP contribution in [0.2, 0.25) is 5.02 Å². The van der Waals surface area contributed by atoms with Crippen molar-refractivity contribution >= 4 is 45.9 Å². The number of unbranched alkanes of at least 4 members (excludes halogenated alkanes) is 5.